The van der Waals surface area contributed by atoms with E-state index in [1.165, 1.54) is 12.1 Å². The molecule has 1 unspecified atom stereocenters. The largest absolute Gasteiger partial charge is 0.369 e. The van der Waals surface area contributed by atoms with Gasteiger partial charge in [-0.15, -0.1) is 0 Å². The molecule has 0 amide bonds. The number of halogens is 2. The minimum Gasteiger partial charge on any atom is -0.369 e. The fourth-order valence-electron chi connectivity index (χ4n) is 2.71. The number of rotatable bonds is 2. The average Bonchev–Trinajstić information content (AvgIpc) is 2.76. The summed E-state index contributed by atoms with van der Waals surface area (Å²) in [7, 11) is 0. The summed E-state index contributed by atoms with van der Waals surface area (Å²) in [6.45, 7) is 2.59. The standard InChI is InChI=1S/C16H15BrFN3/c1-16(11-4-2-5-12(17)8-11)10-20-15(19)21(16)14-7-3-6-13(18)9-14/h2-9H,10H2,1H3,(H2,19,20). The predicted molar refractivity (Wildman–Crippen MR) is 86.9 cm³/mol. The molecule has 108 valence electrons. The molecular weight excluding hydrogens is 333 g/mol. The van der Waals surface area contributed by atoms with Gasteiger partial charge in [0.05, 0.1) is 12.1 Å². The van der Waals surface area contributed by atoms with E-state index in [4.69, 9.17) is 5.73 Å². The third-order valence-electron chi connectivity index (χ3n) is 3.78. The van der Waals surface area contributed by atoms with E-state index >= 15 is 0 Å². The van der Waals surface area contributed by atoms with Crippen molar-refractivity contribution in [1.82, 2.24) is 0 Å². The Balaban J connectivity index is 2.10. The molecule has 0 aromatic heterocycles. The van der Waals surface area contributed by atoms with Crippen LogP contribution in [0, 0.1) is 5.82 Å². The second-order valence-electron chi connectivity index (χ2n) is 5.27. The Hall–Kier alpha value is -1.88. The molecule has 2 aromatic rings. The number of aliphatic imine (C=N–C) groups is 1. The summed E-state index contributed by atoms with van der Waals surface area (Å²) in [5.41, 5.74) is 7.40. The van der Waals surface area contributed by atoms with Gasteiger partial charge in [0.25, 0.3) is 0 Å². The third kappa shape index (κ3) is 2.42. The van der Waals surface area contributed by atoms with E-state index in [-0.39, 0.29) is 5.82 Å². The van der Waals surface area contributed by atoms with Crippen LogP contribution in [0.15, 0.2) is 58.0 Å². The fraction of sp³-hybridized carbons (Fsp3) is 0.188. The molecule has 0 radical (unpaired) electrons. The fourth-order valence-corrected chi connectivity index (χ4v) is 3.10. The van der Waals surface area contributed by atoms with Crippen LogP contribution in [-0.4, -0.2) is 12.5 Å². The molecule has 0 saturated carbocycles. The molecule has 0 bridgehead atoms. The maximum atomic E-state index is 13.6. The summed E-state index contributed by atoms with van der Waals surface area (Å²) in [5.74, 6) is 0.117. The van der Waals surface area contributed by atoms with Gasteiger partial charge in [0.15, 0.2) is 5.96 Å². The first-order chi connectivity index (χ1) is 10.0. The highest BCUT2D eigenvalue weighted by Crippen LogP contribution is 2.37. The van der Waals surface area contributed by atoms with Crippen molar-refractivity contribution in [2.24, 2.45) is 10.7 Å². The van der Waals surface area contributed by atoms with Crippen LogP contribution in [-0.2, 0) is 5.54 Å². The number of nitrogens with two attached hydrogens (primary N) is 1. The van der Waals surface area contributed by atoms with Gasteiger partial charge < -0.3 is 10.6 Å². The van der Waals surface area contributed by atoms with E-state index in [1.54, 1.807) is 6.07 Å². The van der Waals surface area contributed by atoms with Crippen LogP contribution < -0.4 is 10.6 Å². The van der Waals surface area contributed by atoms with Gasteiger partial charge >= 0.3 is 0 Å². The zero-order valence-corrected chi connectivity index (χ0v) is 13.1. The molecule has 1 aliphatic rings. The molecule has 3 rings (SSSR count). The van der Waals surface area contributed by atoms with Crippen molar-refractivity contribution in [1.29, 1.82) is 0 Å². The van der Waals surface area contributed by atoms with Crippen molar-refractivity contribution in [3.63, 3.8) is 0 Å². The molecule has 2 aromatic carbocycles. The topological polar surface area (TPSA) is 41.6 Å². The maximum absolute atomic E-state index is 13.6. The number of anilines is 1. The lowest BCUT2D eigenvalue weighted by molar-refractivity contribution is 0.531. The SMILES string of the molecule is CC1(c2cccc(Br)c2)CN=C(N)N1c1cccc(F)c1. The minimum atomic E-state index is -0.429. The van der Waals surface area contributed by atoms with Crippen LogP contribution in [0.2, 0.25) is 0 Å². The maximum Gasteiger partial charge on any atom is 0.196 e. The van der Waals surface area contributed by atoms with E-state index in [0.29, 0.717) is 18.2 Å². The third-order valence-corrected chi connectivity index (χ3v) is 4.28. The normalized spacial score (nSPS) is 21.5. The second kappa shape index (κ2) is 5.15. The quantitative estimate of drug-likeness (QED) is 0.900. The monoisotopic (exact) mass is 347 g/mol. The lowest BCUT2D eigenvalue weighted by Gasteiger charge is -2.36. The van der Waals surface area contributed by atoms with E-state index in [1.807, 2.05) is 35.2 Å². The van der Waals surface area contributed by atoms with Crippen LogP contribution >= 0.6 is 15.9 Å². The Morgan fingerprint density at radius 2 is 2.00 bits per heavy atom. The molecule has 5 heteroatoms. The minimum absolute atomic E-state index is 0.288. The van der Waals surface area contributed by atoms with Crippen LogP contribution in [0.1, 0.15) is 12.5 Å². The highest BCUT2D eigenvalue weighted by Gasteiger charge is 2.40. The Kier molecular flexibility index (Phi) is 3.45. The van der Waals surface area contributed by atoms with Crippen LogP contribution in [0.5, 0.6) is 0 Å². The zero-order valence-electron chi connectivity index (χ0n) is 11.6. The molecule has 1 aliphatic heterocycles. The summed E-state index contributed by atoms with van der Waals surface area (Å²) in [6.07, 6.45) is 0. The van der Waals surface area contributed by atoms with E-state index in [9.17, 15) is 4.39 Å². The lowest BCUT2D eigenvalue weighted by atomic mass is 9.90. The highest BCUT2D eigenvalue weighted by atomic mass is 79.9. The molecule has 1 heterocycles. The molecule has 0 fully saturated rings. The zero-order chi connectivity index (χ0) is 15.0. The van der Waals surface area contributed by atoms with Crippen molar-refractivity contribution in [2.75, 3.05) is 11.4 Å². The van der Waals surface area contributed by atoms with E-state index < -0.39 is 5.54 Å². The summed E-state index contributed by atoms with van der Waals surface area (Å²) in [4.78, 5) is 6.25. The van der Waals surface area contributed by atoms with Crippen molar-refractivity contribution in [3.05, 3.63) is 64.4 Å². The molecule has 3 nitrogen and oxygen atoms in total. The van der Waals surface area contributed by atoms with Gasteiger partial charge in [0, 0.05) is 10.2 Å². The molecular formula is C16H15BrFN3. The number of hydrogen-bond donors (Lipinski definition) is 1. The molecule has 0 saturated heterocycles. The van der Waals surface area contributed by atoms with Crippen LogP contribution in [0.25, 0.3) is 0 Å². The van der Waals surface area contributed by atoms with Gasteiger partial charge in [-0.2, -0.15) is 0 Å². The number of hydrogen-bond acceptors (Lipinski definition) is 3. The number of benzene rings is 2. The lowest BCUT2D eigenvalue weighted by Crippen LogP contribution is -2.47. The van der Waals surface area contributed by atoms with Crippen molar-refractivity contribution < 1.29 is 4.39 Å². The van der Waals surface area contributed by atoms with Gasteiger partial charge in [0.2, 0.25) is 0 Å². The first-order valence-corrected chi connectivity index (χ1v) is 7.42. The summed E-state index contributed by atoms with van der Waals surface area (Å²) in [6, 6.07) is 14.4. The second-order valence-corrected chi connectivity index (χ2v) is 6.19. The summed E-state index contributed by atoms with van der Waals surface area (Å²) >= 11 is 3.49. The molecule has 0 aliphatic carbocycles. The smallest absolute Gasteiger partial charge is 0.196 e. The Morgan fingerprint density at radius 1 is 1.24 bits per heavy atom. The Labute approximate surface area is 131 Å². The van der Waals surface area contributed by atoms with E-state index in [2.05, 4.69) is 27.8 Å². The molecule has 21 heavy (non-hydrogen) atoms. The molecule has 0 spiro atoms. The van der Waals surface area contributed by atoms with Crippen LogP contribution in [0.3, 0.4) is 0 Å². The molecule has 1 atom stereocenters. The highest BCUT2D eigenvalue weighted by molar-refractivity contribution is 9.10. The van der Waals surface area contributed by atoms with Gasteiger partial charge in [-0.05, 0) is 42.8 Å². The number of nitrogens with zero attached hydrogens (tertiary/aromatic N) is 2. The number of guanidine groups is 1. The van der Waals surface area contributed by atoms with Crippen molar-refractivity contribution in [2.45, 2.75) is 12.5 Å². The van der Waals surface area contributed by atoms with Gasteiger partial charge in [0.1, 0.15) is 5.82 Å². The van der Waals surface area contributed by atoms with Crippen molar-refractivity contribution >= 4 is 27.6 Å². The van der Waals surface area contributed by atoms with Gasteiger partial charge in [-0.25, -0.2) is 4.39 Å². The van der Waals surface area contributed by atoms with Crippen LogP contribution in [0.4, 0.5) is 10.1 Å². The van der Waals surface area contributed by atoms with E-state index in [0.717, 1.165) is 10.0 Å². The average molecular weight is 348 g/mol. The first kappa shape index (κ1) is 14.1. The van der Waals surface area contributed by atoms with Gasteiger partial charge in [-0.3, -0.25) is 4.99 Å². The Morgan fingerprint density at radius 3 is 2.71 bits per heavy atom. The summed E-state index contributed by atoms with van der Waals surface area (Å²) in [5, 5.41) is 0. The molecule has 2 N–H and O–H groups in total. The Bertz CT molecular complexity index is 716. The van der Waals surface area contributed by atoms with Gasteiger partial charge in [-0.1, -0.05) is 34.1 Å². The summed E-state index contributed by atoms with van der Waals surface area (Å²) < 4.78 is 14.5. The predicted octanol–water partition coefficient (Wildman–Crippen LogP) is 3.64. The first-order valence-electron chi connectivity index (χ1n) is 6.62. The van der Waals surface area contributed by atoms with Crippen molar-refractivity contribution in [3.8, 4) is 0 Å².